The van der Waals surface area contributed by atoms with Gasteiger partial charge < -0.3 is 20.8 Å². The van der Waals surface area contributed by atoms with Crippen LogP contribution in [0.5, 0.6) is 5.75 Å². The largest absolute Gasteiger partial charge is 2.00 e. The Labute approximate surface area is 212 Å². The van der Waals surface area contributed by atoms with Gasteiger partial charge in [-0.3, -0.25) is 20.2 Å². The smallest absolute Gasteiger partial charge is 0.872 e. The fourth-order valence-electron chi connectivity index (χ4n) is 3.30. The standard InChI is InChI=1S/C6H10NO3.C6H5NO3.2C5H10N.Mg/c2*8-6-3-1-5(2-4-6)7(9)10;2*1-2-4-6-5-3-1;/h5-6H,1-4H2;1-4,8H;2*1-5H2;/q-1;;2*-1;+2/p-1. The first-order chi connectivity index (χ1) is 15.4. The van der Waals surface area contributed by atoms with E-state index in [-0.39, 0.29) is 39.4 Å². The summed E-state index contributed by atoms with van der Waals surface area (Å²) >= 11 is 0. The second-order valence-electron chi connectivity index (χ2n) is 7.93. The van der Waals surface area contributed by atoms with Crippen LogP contribution < -0.4 is 10.2 Å². The normalized spacial score (nSPS) is 21.7. The Morgan fingerprint density at radius 3 is 1.42 bits per heavy atom. The molecule has 3 fully saturated rings. The first kappa shape index (κ1) is 31.5. The summed E-state index contributed by atoms with van der Waals surface area (Å²) in [6.07, 6.45) is 9.50. The predicted molar refractivity (Wildman–Crippen MR) is 125 cm³/mol. The number of piperidine rings is 2. The first-order valence-electron chi connectivity index (χ1n) is 11.4. The molecule has 182 valence electrons. The Balaban J connectivity index is 0.000000420. The molecule has 0 N–H and O–H groups in total. The molecule has 0 aromatic heterocycles. The molecule has 4 rings (SSSR count). The summed E-state index contributed by atoms with van der Waals surface area (Å²) < 4.78 is 0. The maximum Gasteiger partial charge on any atom is 2.00 e. The molecule has 1 saturated carbocycles. The van der Waals surface area contributed by atoms with E-state index < -0.39 is 17.1 Å². The third kappa shape index (κ3) is 16.7. The minimum absolute atomic E-state index is 0. The van der Waals surface area contributed by atoms with Crippen LogP contribution in [0.15, 0.2) is 24.3 Å². The third-order valence-electron chi connectivity index (χ3n) is 5.25. The van der Waals surface area contributed by atoms with Crippen molar-refractivity contribution in [1.82, 2.24) is 0 Å². The number of hydrogen-bond acceptors (Lipinski definition) is 6. The summed E-state index contributed by atoms with van der Waals surface area (Å²) in [6, 6.07) is 4.26. The number of hydrogen-bond donors (Lipinski definition) is 0. The zero-order valence-corrected chi connectivity index (χ0v) is 20.7. The Kier molecular flexibility index (Phi) is 19.0. The van der Waals surface area contributed by atoms with E-state index in [2.05, 4.69) is 10.6 Å². The minimum Gasteiger partial charge on any atom is -0.872 e. The van der Waals surface area contributed by atoms with E-state index in [1.165, 1.54) is 50.7 Å². The van der Waals surface area contributed by atoms with Gasteiger partial charge in [-0.1, -0.05) is 63.5 Å². The van der Waals surface area contributed by atoms with Crippen molar-refractivity contribution in [2.24, 2.45) is 0 Å². The molecule has 0 spiro atoms. The van der Waals surface area contributed by atoms with E-state index in [0.717, 1.165) is 38.3 Å². The van der Waals surface area contributed by atoms with Crippen LogP contribution in [0.1, 0.15) is 64.2 Å². The Morgan fingerprint density at radius 1 is 0.727 bits per heavy atom. The van der Waals surface area contributed by atoms with Crippen molar-refractivity contribution in [2.75, 3.05) is 26.2 Å². The van der Waals surface area contributed by atoms with Crippen molar-refractivity contribution in [2.45, 2.75) is 76.4 Å². The number of non-ortho nitro benzene ring substituents is 1. The topological polar surface area (TPSA) is 161 Å². The molecule has 0 amide bonds. The van der Waals surface area contributed by atoms with E-state index in [1.54, 1.807) is 0 Å². The second-order valence-corrected chi connectivity index (χ2v) is 7.93. The molecular weight excluding hydrogens is 441 g/mol. The summed E-state index contributed by atoms with van der Waals surface area (Å²) in [5.41, 5.74) is -0.0559. The fraction of sp³-hybridized carbons (Fsp3) is 0.727. The summed E-state index contributed by atoms with van der Waals surface area (Å²) in [5.74, 6) is -0.217. The summed E-state index contributed by atoms with van der Waals surface area (Å²) in [7, 11) is 0. The van der Waals surface area contributed by atoms with Crippen molar-refractivity contribution < 1.29 is 20.1 Å². The van der Waals surface area contributed by atoms with Crippen LogP contribution in [0, 0.1) is 20.2 Å². The van der Waals surface area contributed by atoms with Gasteiger partial charge in [-0.05, 0) is 0 Å². The van der Waals surface area contributed by atoms with Gasteiger partial charge in [0.25, 0.3) is 5.69 Å². The van der Waals surface area contributed by atoms with Gasteiger partial charge in [-0.25, -0.2) is 0 Å². The first-order valence-corrected chi connectivity index (χ1v) is 11.4. The Morgan fingerprint density at radius 2 is 1.15 bits per heavy atom. The Bertz CT molecular complexity index is 599. The van der Waals surface area contributed by atoms with Crippen molar-refractivity contribution in [3.05, 3.63) is 55.1 Å². The van der Waals surface area contributed by atoms with Gasteiger partial charge in [0, 0.05) is 29.9 Å². The van der Waals surface area contributed by atoms with Gasteiger partial charge in [0.05, 0.1) is 4.92 Å². The van der Waals surface area contributed by atoms with Crippen molar-refractivity contribution in [3.8, 4) is 5.75 Å². The zero-order chi connectivity index (χ0) is 23.6. The third-order valence-corrected chi connectivity index (χ3v) is 5.25. The molecule has 2 aliphatic heterocycles. The molecule has 33 heavy (non-hydrogen) atoms. The number of rotatable bonds is 2. The van der Waals surface area contributed by atoms with Crippen LogP contribution >= 0.6 is 0 Å². The van der Waals surface area contributed by atoms with E-state index in [1.807, 2.05) is 0 Å². The predicted octanol–water partition coefficient (Wildman–Crippen LogP) is 3.31. The molecule has 3 aliphatic rings. The van der Waals surface area contributed by atoms with Crippen LogP contribution in [0.25, 0.3) is 10.6 Å². The zero-order valence-electron chi connectivity index (χ0n) is 19.3. The van der Waals surface area contributed by atoms with Crippen LogP contribution in [0.3, 0.4) is 0 Å². The molecule has 0 atom stereocenters. The van der Waals surface area contributed by atoms with Gasteiger partial charge in [-0.15, -0.1) is 38.0 Å². The molecule has 2 heterocycles. The van der Waals surface area contributed by atoms with E-state index in [4.69, 9.17) is 0 Å². The van der Waals surface area contributed by atoms with E-state index in [0.29, 0.717) is 25.7 Å². The Hall–Kier alpha value is -1.53. The molecule has 10 nitrogen and oxygen atoms in total. The quantitative estimate of drug-likeness (QED) is 0.363. The number of nitro benzene ring substituents is 1. The maximum atomic E-state index is 10.7. The fourth-order valence-corrected chi connectivity index (χ4v) is 3.30. The van der Waals surface area contributed by atoms with Gasteiger partial charge in [0.15, 0.2) is 0 Å². The number of benzene rings is 1. The maximum absolute atomic E-state index is 10.7. The summed E-state index contributed by atoms with van der Waals surface area (Å²) in [4.78, 5) is 19.4. The average Bonchev–Trinajstić information content (AvgIpc) is 2.83. The molecule has 0 bridgehead atoms. The SMILES string of the molecule is C1CC[N-]CC1.C1CC[N-]CC1.O=[N+]([O-])C1CCC([O-])CC1.O=[N+]([O-])c1ccc([O-])cc1.[Mg+2]. The van der Waals surface area contributed by atoms with Gasteiger partial charge in [0.1, 0.15) is 0 Å². The molecule has 1 aromatic rings. The van der Waals surface area contributed by atoms with Gasteiger partial charge in [0.2, 0.25) is 6.04 Å². The van der Waals surface area contributed by atoms with E-state index >= 15 is 0 Å². The monoisotopic (exact) mass is 474 g/mol. The van der Waals surface area contributed by atoms with Crippen LogP contribution in [-0.4, -0.2) is 71.2 Å². The van der Waals surface area contributed by atoms with Crippen molar-refractivity contribution in [1.29, 1.82) is 0 Å². The molecule has 11 heteroatoms. The number of nitro groups is 2. The molecule has 0 unspecified atom stereocenters. The van der Waals surface area contributed by atoms with E-state index in [9.17, 15) is 30.4 Å². The summed E-state index contributed by atoms with van der Waals surface area (Å²) in [5, 5.41) is 49.6. The van der Waals surface area contributed by atoms with Crippen molar-refractivity contribution >= 4 is 28.7 Å². The molecule has 2 saturated heterocycles. The second kappa shape index (κ2) is 19.9. The van der Waals surface area contributed by atoms with Gasteiger partial charge >= 0.3 is 23.1 Å². The molecule has 0 radical (unpaired) electrons. The average molecular weight is 475 g/mol. The number of nitrogens with zero attached hydrogens (tertiary/aromatic N) is 4. The minimum atomic E-state index is -0.545. The van der Waals surface area contributed by atoms with Crippen LogP contribution in [0.2, 0.25) is 0 Å². The van der Waals surface area contributed by atoms with Crippen molar-refractivity contribution in [3.63, 3.8) is 0 Å². The summed E-state index contributed by atoms with van der Waals surface area (Å²) in [6.45, 7) is 4.50. The van der Waals surface area contributed by atoms with Crippen LogP contribution in [0.4, 0.5) is 5.69 Å². The molecule has 1 aromatic carbocycles. The van der Waals surface area contributed by atoms with Gasteiger partial charge in [-0.2, -0.15) is 0 Å². The molecule has 1 aliphatic carbocycles. The van der Waals surface area contributed by atoms with Crippen LogP contribution in [-0.2, 0) is 0 Å². The molecular formula is C22H34MgN4O6-2.